The molecule has 2 N–H and O–H groups in total. The summed E-state index contributed by atoms with van der Waals surface area (Å²) in [6.07, 6.45) is 5.95. The second kappa shape index (κ2) is 4.54. The SMILES string of the molecule is CC(N)(Cc1ccc(F)cc1)C1CCCC1. The molecular formula is C14H20FN. The van der Waals surface area contributed by atoms with E-state index in [0.29, 0.717) is 5.92 Å². The molecule has 88 valence electrons. The summed E-state index contributed by atoms with van der Waals surface area (Å²) in [5, 5.41) is 0. The van der Waals surface area contributed by atoms with Crippen LogP contribution in [-0.4, -0.2) is 5.54 Å². The third-order valence-corrected chi connectivity index (χ3v) is 3.79. The molecule has 1 aromatic rings. The van der Waals surface area contributed by atoms with Gasteiger partial charge in [-0.3, -0.25) is 0 Å². The van der Waals surface area contributed by atoms with Gasteiger partial charge in [0, 0.05) is 5.54 Å². The Balaban J connectivity index is 2.04. The summed E-state index contributed by atoms with van der Waals surface area (Å²) in [4.78, 5) is 0. The predicted molar refractivity (Wildman–Crippen MR) is 64.7 cm³/mol. The van der Waals surface area contributed by atoms with Crippen molar-refractivity contribution >= 4 is 0 Å². The third kappa shape index (κ3) is 2.62. The molecule has 0 radical (unpaired) electrons. The molecule has 0 heterocycles. The summed E-state index contributed by atoms with van der Waals surface area (Å²) >= 11 is 0. The average molecular weight is 221 g/mol. The maximum Gasteiger partial charge on any atom is 0.123 e. The van der Waals surface area contributed by atoms with Crippen molar-refractivity contribution < 1.29 is 4.39 Å². The first-order valence-corrected chi connectivity index (χ1v) is 6.11. The number of halogens is 1. The van der Waals surface area contributed by atoms with E-state index in [2.05, 4.69) is 6.92 Å². The van der Waals surface area contributed by atoms with Gasteiger partial charge in [0.1, 0.15) is 5.82 Å². The molecule has 1 nitrogen and oxygen atoms in total. The fourth-order valence-corrected chi connectivity index (χ4v) is 2.77. The lowest BCUT2D eigenvalue weighted by Gasteiger charge is -2.31. The first kappa shape index (κ1) is 11.6. The zero-order chi connectivity index (χ0) is 11.6. The fourth-order valence-electron chi connectivity index (χ4n) is 2.77. The molecule has 2 rings (SSSR count). The van der Waals surface area contributed by atoms with Crippen molar-refractivity contribution in [1.82, 2.24) is 0 Å². The maximum absolute atomic E-state index is 12.8. The molecular weight excluding hydrogens is 201 g/mol. The Kier molecular flexibility index (Phi) is 3.29. The van der Waals surface area contributed by atoms with Gasteiger partial charge in [0.2, 0.25) is 0 Å². The Bertz CT molecular complexity index is 336. The molecule has 0 aromatic heterocycles. The molecule has 1 fully saturated rings. The first-order chi connectivity index (χ1) is 7.58. The van der Waals surface area contributed by atoms with Crippen molar-refractivity contribution in [2.45, 2.75) is 44.6 Å². The highest BCUT2D eigenvalue weighted by Gasteiger charge is 2.32. The van der Waals surface area contributed by atoms with E-state index >= 15 is 0 Å². The summed E-state index contributed by atoms with van der Waals surface area (Å²) in [6, 6.07) is 6.71. The number of hydrogen-bond donors (Lipinski definition) is 1. The summed E-state index contributed by atoms with van der Waals surface area (Å²) in [5.74, 6) is 0.445. The van der Waals surface area contributed by atoms with Gasteiger partial charge in [-0.1, -0.05) is 25.0 Å². The highest BCUT2D eigenvalue weighted by molar-refractivity contribution is 5.19. The van der Waals surface area contributed by atoms with Crippen molar-refractivity contribution in [1.29, 1.82) is 0 Å². The fraction of sp³-hybridized carbons (Fsp3) is 0.571. The van der Waals surface area contributed by atoms with Crippen molar-refractivity contribution in [2.24, 2.45) is 11.7 Å². The predicted octanol–water partition coefficient (Wildman–Crippen LogP) is 3.28. The van der Waals surface area contributed by atoms with Crippen molar-refractivity contribution in [2.75, 3.05) is 0 Å². The van der Waals surface area contributed by atoms with Gasteiger partial charge in [0.15, 0.2) is 0 Å². The minimum absolute atomic E-state index is 0.145. The summed E-state index contributed by atoms with van der Waals surface area (Å²) in [6.45, 7) is 2.13. The van der Waals surface area contributed by atoms with E-state index in [1.807, 2.05) is 12.1 Å². The third-order valence-electron chi connectivity index (χ3n) is 3.79. The molecule has 1 unspecified atom stereocenters. The Hall–Kier alpha value is -0.890. The van der Waals surface area contributed by atoms with Crippen LogP contribution < -0.4 is 5.73 Å². The van der Waals surface area contributed by atoms with Crippen LogP contribution in [0, 0.1) is 11.7 Å². The second-order valence-electron chi connectivity index (χ2n) is 5.29. The van der Waals surface area contributed by atoms with Gasteiger partial charge in [-0.25, -0.2) is 4.39 Å². The number of rotatable bonds is 3. The highest BCUT2D eigenvalue weighted by Crippen LogP contribution is 2.34. The smallest absolute Gasteiger partial charge is 0.123 e. The van der Waals surface area contributed by atoms with Crippen LogP contribution in [0.5, 0.6) is 0 Å². The highest BCUT2D eigenvalue weighted by atomic mass is 19.1. The van der Waals surface area contributed by atoms with Gasteiger partial charge in [-0.05, 0) is 49.8 Å². The lowest BCUT2D eigenvalue weighted by Crippen LogP contribution is -2.45. The Morgan fingerprint density at radius 2 is 1.81 bits per heavy atom. The molecule has 16 heavy (non-hydrogen) atoms. The number of benzene rings is 1. The molecule has 1 aliphatic rings. The lowest BCUT2D eigenvalue weighted by atomic mass is 9.80. The van der Waals surface area contributed by atoms with Gasteiger partial charge in [0.25, 0.3) is 0 Å². The molecule has 0 saturated heterocycles. The zero-order valence-corrected chi connectivity index (χ0v) is 9.88. The summed E-state index contributed by atoms with van der Waals surface area (Å²) < 4.78 is 12.8. The van der Waals surface area contributed by atoms with Crippen LogP contribution in [0.2, 0.25) is 0 Å². The molecule has 0 aliphatic heterocycles. The van der Waals surface area contributed by atoms with Gasteiger partial charge >= 0.3 is 0 Å². The summed E-state index contributed by atoms with van der Waals surface area (Å²) in [7, 11) is 0. The first-order valence-electron chi connectivity index (χ1n) is 6.11. The van der Waals surface area contributed by atoms with E-state index in [-0.39, 0.29) is 11.4 Å². The summed E-state index contributed by atoms with van der Waals surface area (Å²) in [5.41, 5.74) is 7.39. The van der Waals surface area contributed by atoms with Crippen LogP contribution in [0.3, 0.4) is 0 Å². The number of hydrogen-bond acceptors (Lipinski definition) is 1. The van der Waals surface area contributed by atoms with Crippen LogP contribution in [-0.2, 0) is 6.42 Å². The Labute approximate surface area is 96.9 Å². The minimum Gasteiger partial charge on any atom is -0.325 e. The molecule has 1 aliphatic carbocycles. The Morgan fingerprint density at radius 3 is 2.38 bits per heavy atom. The standard InChI is InChI=1S/C14H20FN/c1-14(16,12-4-2-3-5-12)10-11-6-8-13(15)9-7-11/h6-9,12H,2-5,10,16H2,1H3. The van der Waals surface area contributed by atoms with Gasteiger partial charge in [-0.15, -0.1) is 0 Å². The van der Waals surface area contributed by atoms with Crippen LogP contribution in [0.1, 0.15) is 38.2 Å². The zero-order valence-electron chi connectivity index (χ0n) is 9.88. The largest absolute Gasteiger partial charge is 0.325 e. The van der Waals surface area contributed by atoms with Gasteiger partial charge in [0.05, 0.1) is 0 Å². The molecule has 0 spiro atoms. The molecule has 2 heteroatoms. The average Bonchev–Trinajstić information content (AvgIpc) is 2.75. The minimum atomic E-state index is -0.177. The van der Waals surface area contributed by atoms with Crippen LogP contribution in [0.4, 0.5) is 4.39 Å². The molecule has 1 saturated carbocycles. The van der Waals surface area contributed by atoms with Crippen LogP contribution >= 0.6 is 0 Å². The molecule has 1 atom stereocenters. The maximum atomic E-state index is 12.8. The second-order valence-corrected chi connectivity index (χ2v) is 5.29. The van der Waals surface area contributed by atoms with E-state index in [1.165, 1.54) is 37.8 Å². The van der Waals surface area contributed by atoms with E-state index in [9.17, 15) is 4.39 Å². The van der Waals surface area contributed by atoms with Crippen LogP contribution in [0.25, 0.3) is 0 Å². The lowest BCUT2D eigenvalue weighted by molar-refractivity contribution is 0.298. The molecule has 0 amide bonds. The quantitative estimate of drug-likeness (QED) is 0.833. The van der Waals surface area contributed by atoms with Crippen molar-refractivity contribution in [3.63, 3.8) is 0 Å². The Morgan fingerprint density at radius 1 is 1.25 bits per heavy atom. The number of nitrogens with two attached hydrogens (primary N) is 1. The molecule has 0 bridgehead atoms. The normalized spacial score (nSPS) is 20.9. The van der Waals surface area contributed by atoms with Gasteiger partial charge in [-0.2, -0.15) is 0 Å². The van der Waals surface area contributed by atoms with E-state index in [0.717, 1.165) is 12.0 Å². The van der Waals surface area contributed by atoms with Gasteiger partial charge < -0.3 is 5.73 Å². The van der Waals surface area contributed by atoms with E-state index in [4.69, 9.17) is 5.73 Å². The van der Waals surface area contributed by atoms with Crippen molar-refractivity contribution in [3.8, 4) is 0 Å². The van der Waals surface area contributed by atoms with Crippen molar-refractivity contribution in [3.05, 3.63) is 35.6 Å². The molecule has 1 aromatic carbocycles. The monoisotopic (exact) mass is 221 g/mol. The van der Waals surface area contributed by atoms with Crippen LogP contribution in [0.15, 0.2) is 24.3 Å². The van der Waals surface area contributed by atoms with E-state index < -0.39 is 0 Å². The topological polar surface area (TPSA) is 26.0 Å². The van der Waals surface area contributed by atoms with E-state index in [1.54, 1.807) is 0 Å².